The molecule has 2 N–H and O–H groups in total. The highest BCUT2D eigenvalue weighted by molar-refractivity contribution is 6.30. The van der Waals surface area contributed by atoms with Gasteiger partial charge in [0.05, 0.1) is 6.20 Å². The van der Waals surface area contributed by atoms with Crippen LogP contribution in [0.5, 0.6) is 0 Å². The number of amides is 2. The topological polar surface area (TPSA) is 59.0 Å². The summed E-state index contributed by atoms with van der Waals surface area (Å²) in [6.45, 7) is 0.421. The molecule has 0 saturated heterocycles. The summed E-state index contributed by atoms with van der Waals surface area (Å²) in [5, 5.41) is 10.0. The second kappa shape index (κ2) is 5.55. The smallest absolute Gasteiger partial charge is 0.320 e. The van der Waals surface area contributed by atoms with Gasteiger partial charge in [-0.1, -0.05) is 23.7 Å². The molecule has 2 aromatic rings. The van der Waals surface area contributed by atoms with E-state index in [1.165, 1.54) is 0 Å². The molecule has 0 spiro atoms. The molecular weight excluding hydrogens is 252 g/mol. The fourth-order valence-corrected chi connectivity index (χ4v) is 1.70. The average molecular weight is 265 g/mol. The third kappa shape index (κ3) is 3.24. The van der Waals surface area contributed by atoms with E-state index in [1.54, 1.807) is 30.1 Å². The number of halogens is 1. The third-order valence-electron chi connectivity index (χ3n) is 2.40. The van der Waals surface area contributed by atoms with Crippen molar-refractivity contribution in [2.75, 3.05) is 5.32 Å². The first kappa shape index (κ1) is 12.4. The summed E-state index contributed by atoms with van der Waals surface area (Å²) in [7, 11) is 1.76. The minimum absolute atomic E-state index is 0.279. The molecule has 0 bridgehead atoms. The van der Waals surface area contributed by atoms with Gasteiger partial charge in [-0.05, 0) is 17.7 Å². The fourth-order valence-electron chi connectivity index (χ4n) is 1.49. The van der Waals surface area contributed by atoms with Gasteiger partial charge >= 0.3 is 6.03 Å². The Morgan fingerprint density at radius 2 is 2.28 bits per heavy atom. The van der Waals surface area contributed by atoms with Gasteiger partial charge in [0.15, 0.2) is 0 Å². The predicted octanol–water partition coefficient (Wildman–Crippen LogP) is 2.40. The van der Waals surface area contributed by atoms with Crippen LogP contribution in [-0.4, -0.2) is 15.8 Å². The lowest BCUT2D eigenvalue weighted by Gasteiger charge is -2.07. The van der Waals surface area contributed by atoms with Gasteiger partial charge in [-0.25, -0.2) is 4.79 Å². The Bertz CT molecular complexity index is 553. The van der Waals surface area contributed by atoms with Crippen molar-refractivity contribution in [3.8, 4) is 0 Å². The molecule has 18 heavy (non-hydrogen) atoms. The summed E-state index contributed by atoms with van der Waals surface area (Å²) in [4.78, 5) is 11.6. The highest BCUT2D eigenvalue weighted by atomic mass is 35.5. The van der Waals surface area contributed by atoms with Crippen LogP contribution < -0.4 is 10.6 Å². The Hall–Kier alpha value is -2.01. The predicted molar refractivity (Wildman–Crippen MR) is 70.5 cm³/mol. The van der Waals surface area contributed by atoms with Gasteiger partial charge in [0.1, 0.15) is 5.82 Å². The number of aromatic nitrogens is 2. The van der Waals surface area contributed by atoms with Gasteiger partial charge in [-0.15, -0.1) is 0 Å². The van der Waals surface area contributed by atoms with E-state index in [4.69, 9.17) is 11.6 Å². The molecule has 2 rings (SSSR count). The molecule has 94 valence electrons. The summed E-state index contributed by atoms with van der Waals surface area (Å²) >= 11 is 5.86. The lowest BCUT2D eigenvalue weighted by Crippen LogP contribution is -2.29. The van der Waals surface area contributed by atoms with Crippen LogP contribution in [0.25, 0.3) is 0 Å². The number of aryl methyl sites for hydroxylation is 1. The molecule has 0 aliphatic rings. The van der Waals surface area contributed by atoms with Gasteiger partial charge in [0.2, 0.25) is 0 Å². The number of benzene rings is 1. The monoisotopic (exact) mass is 264 g/mol. The Balaban J connectivity index is 1.87. The number of hydrogen-bond donors (Lipinski definition) is 2. The second-order valence-corrected chi connectivity index (χ2v) is 4.21. The Morgan fingerprint density at radius 3 is 2.94 bits per heavy atom. The third-order valence-corrected chi connectivity index (χ3v) is 2.64. The number of carbonyl (C=O) groups is 1. The van der Waals surface area contributed by atoms with Crippen LogP contribution >= 0.6 is 11.6 Å². The standard InChI is InChI=1S/C12H13ClN4O/c1-17-11(5-6-15-17)16-12(18)14-8-9-3-2-4-10(13)7-9/h2-7H,8H2,1H3,(H2,14,16,18). The van der Waals surface area contributed by atoms with Crippen LogP contribution in [0.1, 0.15) is 5.56 Å². The van der Waals surface area contributed by atoms with Gasteiger partial charge in [0, 0.05) is 24.7 Å². The normalized spacial score (nSPS) is 10.1. The van der Waals surface area contributed by atoms with Crippen molar-refractivity contribution < 1.29 is 4.79 Å². The molecule has 0 aliphatic carbocycles. The molecule has 0 fully saturated rings. The second-order valence-electron chi connectivity index (χ2n) is 3.78. The number of rotatable bonds is 3. The first-order valence-corrected chi connectivity index (χ1v) is 5.80. The van der Waals surface area contributed by atoms with E-state index >= 15 is 0 Å². The molecule has 0 saturated carbocycles. The Morgan fingerprint density at radius 1 is 1.44 bits per heavy atom. The van der Waals surface area contributed by atoms with E-state index in [0.29, 0.717) is 17.4 Å². The van der Waals surface area contributed by atoms with Gasteiger partial charge in [0.25, 0.3) is 0 Å². The summed E-state index contributed by atoms with van der Waals surface area (Å²) < 4.78 is 1.58. The molecule has 1 aromatic heterocycles. The average Bonchev–Trinajstić information content (AvgIpc) is 2.73. The molecule has 0 aliphatic heterocycles. The first-order valence-electron chi connectivity index (χ1n) is 5.42. The maximum absolute atomic E-state index is 11.6. The van der Waals surface area contributed by atoms with E-state index in [-0.39, 0.29) is 6.03 Å². The lowest BCUT2D eigenvalue weighted by molar-refractivity contribution is 0.251. The number of hydrogen-bond acceptors (Lipinski definition) is 2. The minimum Gasteiger partial charge on any atom is -0.334 e. The van der Waals surface area contributed by atoms with Crippen molar-refractivity contribution in [3.05, 3.63) is 47.1 Å². The van der Waals surface area contributed by atoms with E-state index in [1.807, 2.05) is 18.2 Å². The summed E-state index contributed by atoms with van der Waals surface area (Å²) in [5.74, 6) is 0.638. The van der Waals surface area contributed by atoms with Crippen molar-refractivity contribution in [2.24, 2.45) is 7.05 Å². The van der Waals surface area contributed by atoms with Crippen molar-refractivity contribution in [1.29, 1.82) is 0 Å². The Kier molecular flexibility index (Phi) is 3.84. The van der Waals surface area contributed by atoms with Gasteiger partial charge in [-0.2, -0.15) is 5.10 Å². The molecular formula is C12H13ClN4O. The molecule has 5 nitrogen and oxygen atoms in total. The molecule has 2 amide bonds. The van der Waals surface area contributed by atoms with Crippen molar-refractivity contribution in [2.45, 2.75) is 6.54 Å². The van der Waals surface area contributed by atoms with Gasteiger partial charge in [-0.3, -0.25) is 10.00 Å². The first-order chi connectivity index (χ1) is 8.65. The van der Waals surface area contributed by atoms with Crippen molar-refractivity contribution >= 4 is 23.4 Å². The largest absolute Gasteiger partial charge is 0.334 e. The maximum Gasteiger partial charge on any atom is 0.320 e. The number of nitrogens with one attached hydrogen (secondary N) is 2. The van der Waals surface area contributed by atoms with Crippen LogP contribution in [0.2, 0.25) is 5.02 Å². The zero-order valence-electron chi connectivity index (χ0n) is 9.85. The molecule has 6 heteroatoms. The van der Waals surface area contributed by atoms with Crippen molar-refractivity contribution in [1.82, 2.24) is 15.1 Å². The van der Waals surface area contributed by atoms with Crippen LogP contribution in [0.4, 0.5) is 10.6 Å². The molecule has 1 heterocycles. The van der Waals surface area contributed by atoms with Crippen LogP contribution in [0, 0.1) is 0 Å². The zero-order chi connectivity index (χ0) is 13.0. The SMILES string of the molecule is Cn1nccc1NC(=O)NCc1cccc(Cl)c1. The van der Waals surface area contributed by atoms with E-state index < -0.39 is 0 Å². The number of nitrogens with zero attached hydrogens (tertiary/aromatic N) is 2. The highest BCUT2D eigenvalue weighted by Gasteiger charge is 2.04. The van der Waals surface area contributed by atoms with Crippen molar-refractivity contribution in [3.63, 3.8) is 0 Å². The summed E-state index contributed by atoms with van der Waals surface area (Å²) in [6, 6.07) is 8.79. The minimum atomic E-state index is -0.279. The maximum atomic E-state index is 11.6. The molecule has 1 aromatic carbocycles. The van der Waals surface area contributed by atoms with Crippen LogP contribution in [0.3, 0.4) is 0 Å². The Labute approximate surface area is 110 Å². The molecule has 0 radical (unpaired) electrons. The van der Waals surface area contributed by atoms with E-state index in [0.717, 1.165) is 5.56 Å². The number of anilines is 1. The summed E-state index contributed by atoms with van der Waals surface area (Å²) in [5.41, 5.74) is 0.947. The fraction of sp³-hybridized carbons (Fsp3) is 0.167. The quantitative estimate of drug-likeness (QED) is 0.894. The van der Waals surface area contributed by atoms with E-state index in [9.17, 15) is 4.79 Å². The number of carbonyl (C=O) groups excluding carboxylic acids is 1. The zero-order valence-corrected chi connectivity index (χ0v) is 10.6. The molecule has 0 atom stereocenters. The lowest BCUT2D eigenvalue weighted by atomic mass is 10.2. The number of urea groups is 1. The highest BCUT2D eigenvalue weighted by Crippen LogP contribution is 2.10. The summed E-state index contributed by atoms with van der Waals surface area (Å²) in [6.07, 6.45) is 1.62. The van der Waals surface area contributed by atoms with E-state index in [2.05, 4.69) is 15.7 Å². The van der Waals surface area contributed by atoms with Gasteiger partial charge < -0.3 is 5.32 Å². The molecule has 0 unspecified atom stereocenters. The van der Waals surface area contributed by atoms with Crippen LogP contribution in [0.15, 0.2) is 36.5 Å². The van der Waals surface area contributed by atoms with Crippen LogP contribution in [-0.2, 0) is 13.6 Å².